The molecule has 1 aliphatic rings. The van der Waals surface area contributed by atoms with Gasteiger partial charge in [-0.3, -0.25) is 14.2 Å². The number of nitrogens with two attached hydrogens (primary N) is 1. The summed E-state index contributed by atoms with van der Waals surface area (Å²) in [5.74, 6) is -4.53. The van der Waals surface area contributed by atoms with Crippen LogP contribution in [0.1, 0.15) is 6.42 Å². The van der Waals surface area contributed by atoms with Gasteiger partial charge in [-0.1, -0.05) is 0 Å². The Balaban J connectivity index is 2.02. The Morgan fingerprint density at radius 2 is 2.05 bits per heavy atom. The molecule has 114 valence electrons. The van der Waals surface area contributed by atoms with Crippen LogP contribution in [0, 0.1) is 0 Å². The molecule has 0 unspecified atom stereocenters. The molecule has 1 aromatic rings. The average Bonchev–Trinajstić information content (AvgIpc) is 2.87. The summed E-state index contributed by atoms with van der Waals surface area (Å²) in [5, 5.41) is 2.27. The monoisotopic (exact) mass is 301 g/mol. The summed E-state index contributed by atoms with van der Waals surface area (Å²) in [6, 6.07) is -1.99. The maximum absolute atomic E-state index is 12.8. The van der Waals surface area contributed by atoms with Crippen LogP contribution in [0.4, 0.5) is 13.6 Å². The molecule has 0 saturated carbocycles. The summed E-state index contributed by atoms with van der Waals surface area (Å²) < 4.78 is 26.6. The summed E-state index contributed by atoms with van der Waals surface area (Å²) in [7, 11) is 0. The maximum atomic E-state index is 12.8. The molecule has 0 radical (unpaired) electrons. The zero-order chi connectivity index (χ0) is 15.6. The van der Waals surface area contributed by atoms with E-state index in [0.717, 1.165) is 9.47 Å². The first-order valence-corrected chi connectivity index (χ1v) is 6.02. The Kier molecular flexibility index (Phi) is 3.87. The Morgan fingerprint density at radius 1 is 1.38 bits per heavy atom. The number of imidazole rings is 1. The third kappa shape index (κ3) is 3.52. The van der Waals surface area contributed by atoms with Crippen LogP contribution in [0.2, 0.25) is 0 Å². The molecule has 0 spiro atoms. The van der Waals surface area contributed by atoms with Crippen LogP contribution in [0.3, 0.4) is 0 Å². The number of carbonyl (C=O) groups excluding carboxylic acids is 3. The minimum Gasteiger partial charge on any atom is -0.370 e. The first-order valence-electron chi connectivity index (χ1n) is 6.02. The molecular formula is C11H13F2N5O3. The lowest BCUT2D eigenvalue weighted by Crippen LogP contribution is -2.63. The summed E-state index contributed by atoms with van der Waals surface area (Å²) in [4.78, 5) is 39.3. The maximum Gasteiger partial charge on any atom is 0.327 e. The van der Waals surface area contributed by atoms with E-state index in [1.165, 1.54) is 18.7 Å². The highest BCUT2D eigenvalue weighted by Gasteiger charge is 2.48. The number of nitrogens with zero attached hydrogens (tertiary/aromatic N) is 3. The molecule has 3 amide bonds. The third-order valence-corrected chi connectivity index (χ3v) is 2.90. The van der Waals surface area contributed by atoms with E-state index in [1.54, 1.807) is 0 Å². The van der Waals surface area contributed by atoms with Gasteiger partial charge in [0.2, 0.25) is 11.8 Å². The summed E-state index contributed by atoms with van der Waals surface area (Å²) in [6.07, 6.45) is 3.40. The van der Waals surface area contributed by atoms with E-state index in [0.29, 0.717) is 0 Å². The number of hydrogen-bond donors (Lipinski definition) is 2. The molecule has 10 heteroatoms. The standard InChI is InChI=1S/C11H13F2N5O3/c12-11(13)4-18(5-11)9(20)7(3-8(14)19)16-10(21)17-2-1-15-6-17/h1-2,6-7H,3-5H2,(H2,14,19)(H,16,21)/t7-/m1/s1. The van der Waals surface area contributed by atoms with Crippen molar-refractivity contribution in [2.45, 2.75) is 18.4 Å². The molecule has 21 heavy (non-hydrogen) atoms. The molecule has 2 heterocycles. The number of carbonyl (C=O) groups is 3. The molecule has 1 atom stereocenters. The summed E-state index contributed by atoms with van der Waals surface area (Å²) in [5.41, 5.74) is 5.01. The third-order valence-electron chi connectivity index (χ3n) is 2.90. The normalized spacial score (nSPS) is 17.7. The van der Waals surface area contributed by atoms with Gasteiger partial charge in [0.15, 0.2) is 0 Å². The number of hydrogen-bond acceptors (Lipinski definition) is 4. The minimum atomic E-state index is -2.93. The molecule has 3 N–H and O–H groups in total. The predicted octanol–water partition coefficient (Wildman–Crippen LogP) is -0.838. The second-order valence-corrected chi connectivity index (χ2v) is 4.69. The van der Waals surface area contributed by atoms with E-state index in [4.69, 9.17) is 5.73 Å². The van der Waals surface area contributed by atoms with Crippen LogP contribution >= 0.6 is 0 Å². The predicted molar refractivity (Wildman–Crippen MR) is 65.3 cm³/mol. The fourth-order valence-corrected chi connectivity index (χ4v) is 1.89. The Labute approximate surface area is 117 Å². The molecule has 0 bridgehead atoms. The highest BCUT2D eigenvalue weighted by atomic mass is 19.3. The smallest absolute Gasteiger partial charge is 0.327 e. The number of nitrogens with one attached hydrogen (secondary N) is 1. The second kappa shape index (κ2) is 5.46. The van der Waals surface area contributed by atoms with Gasteiger partial charge in [-0.15, -0.1) is 0 Å². The number of alkyl halides is 2. The van der Waals surface area contributed by atoms with E-state index in [-0.39, 0.29) is 0 Å². The largest absolute Gasteiger partial charge is 0.370 e. The zero-order valence-electron chi connectivity index (χ0n) is 10.8. The molecule has 0 aromatic carbocycles. The van der Waals surface area contributed by atoms with E-state index in [9.17, 15) is 23.2 Å². The van der Waals surface area contributed by atoms with Crippen LogP contribution in [0.5, 0.6) is 0 Å². The number of halogens is 2. The zero-order valence-corrected chi connectivity index (χ0v) is 10.8. The minimum absolute atomic E-state index is 0.471. The van der Waals surface area contributed by atoms with Crippen molar-refractivity contribution in [2.24, 2.45) is 5.73 Å². The van der Waals surface area contributed by atoms with E-state index in [2.05, 4.69) is 10.3 Å². The van der Waals surface area contributed by atoms with Gasteiger partial charge in [-0.05, 0) is 0 Å². The van der Waals surface area contributed by atoms with Crippen LogP contribution < -0.4 is 11.1 Å². The van der Waals surface area contributed by atoms with Gasteiger partial charge in [0.25, 0.3) is 5.92 Å². The van der Waals surface area contributed by atoms with Gasteiger partial charge in [-0.2, -0.15) is 0 Å². The van der Waals surface area contributed by atoms with Crippen LogP contribution in [0.15, 0.2) is 18.7 Å². The molecule has 1 aliphatic heterocycles. The van der Waals surface area contributed by atoms with Crippen molar-refractivity contribution in [3.63, 3.8) is 0 Å². The van der Waals surface area contributed by atoms with Gasteiger partial charge in [0.1, 0.15) is 12.4 Å². The Hall–Kier alpha value is -2.52. The second-order valence-electron chi connectivity index (χ2n) is 4.69. The van der Waals surface area contributed by atoms with Crippen molar-refractivity contribution >= 4 is 17.8 Å². The van der Waals surface area contributed by atoms with Crippen molar-refractivity contribution in [3.8, 4) is 0 Å². The summed E-state index contributed by atoms with van der Waals surface area (Å²) >= 11 is 0. The van der Waals surface area contributed by atoms with Gasteiger partial charge in [-0.25, -0.2) is 18.6 Å². The van der Waals surface area contributed by atoms with Gasteiger partial charge >= 0.3 is 6.03 Å². The molecule has 0 aliphatic carbocycles. The number of amides is 3. The SMILES string of the molecule is NC(=O)C[C@@H](NC(=O)n1ccnc1)C(=O)N1CC(F)(F)C1. The van der Waals surface area contributed by atoms with Crippen molar-refractivity contribution in [2.75, 3.05) is 13.1 Å². The first-order chi connectivity index (χ1) is 9.78. The molecular weight excluding hydrogens is 288 g/mol. The molecule has 2 rings (SSSR count). The topological polar surface area (TPSA) is 110 Å². The lowest BCUT2D eigenvalue weighted by Gasteiger charge is -2.40. The highest BCUT2D eigenvalue weighted by Crippen LogP contribution is 2.27. The fourth-order valence-electron chi connectivity index (χ4n) is 1.89. The van der Waals surface area contributed by atoms with Gasteiger partial charge in [0.05, 0.1) is 19.5 Å². The molecule has 1 fully saturated rings. The van der Waals surface area contributed by atoms with Crippen LogP contribution in [0.25, 0.3) is 0 Å². The van der Waals surface area contributed by atoms with Crippen molar-refractivity contribution in [1.82, 2.24) is 19.8 Å². The van der Waals surface area contributed by atoms with E-state index < -0.39 is 49.3 Å². The molecule has 8 nitrogen and oxygen atoms in total. The first kappa shape index (κ1) is 14.9. The highest BCUT2D eigenvalue weighted by molar-refractivity contribution is 5.92. The van der Waals surface area contributed by atoms with E-state index in [1.807, 2.05) is 0 Å². The average molecular weight is 301 g/mol. The number of aromatic nitrogens is 2. The number of likely N-dealkylation sites (tertiary alicyclic amines) is 1. The van der Waals surface area contributed by atoms with Crippen molar-refractivity contribution < 1.29 is 23.2 Å². The van der Waals surface area contributed by atoms with Crippen molar-refractivity contribution in [1.29, 1.82) is 0 Å². The quantitative estimate of drug-likeness (QED) is 0.755. The van der Waals surface area contributed by atoms with Crippen LogP contribution in [-0.4, -0.2) is 57.4 Å². The lowest BCUT2D eigenvalue weighted by atomic mass is 10.1. The Bertz CT molecular complexity index is 552. The molecule has 1 aromatic heterocycles. The molecule has 1 saturated heterocycles. The van der Waals surface area contributed by atoms with Gasteiger partial charge in [0, 0.05) is 12.4 Å². The number of rotatable bonds is 4. The lowest BCUT2D eigenvalue weighted by molar-refractivity contribution is -0.167. The van der Waals surface area contributed by atoms with Gasteiger partial charge < -0.3 is 16.0 Å². The summed E-state index contributed by atoms with van der Waals surface area (Å²) in [6.45, 7) is -1.47. The Morgan fingerprint density at radius 3 is 2.52 bits per heavy atom. The fraction of sp³-hybridized carbons (Fsp3) is 0.455. The number of primary amides is 1. The van der Waals surface area contributed by atoms with Crippen molar-refractivity contribution in [3.05, 3.63) is 18.7 Å². The van der Waals surface area contributed by atoms with Crippen LogP contribution in [-0.2, 0) is 9.59 Å². The van der Waals surface area contributed by atoms with E-state index >= 15 is 0 Å².